The van der Waals surface area contributed by atoms with E-state index in [1.165, 1.54) is 25.9 Å². The van der Waals surface area contributed by atoms with Crippen LogP contribution >= 0.6 is 0 Å². The molecule has 1 rings (SSSR count). The summed E-state index contributed by atoms with van der Waals surface area (Å²) in [6, 6.07) is 1.06. The SMILES string of the molecule is CC(N)C(C)CN1CCCC1CN(C)C. The molecule has 0 aromatic rings. The van der Waals surface area contributed by atoms with Crippen molar-refractivity contribution in [2.45, 2.75) is 38.8 Å². The first kappa shape index (κ1) is 12.9. The lowest BCUT2D eigenvalue weighted by Crippen LogP contribution is -2.42. The van der Waals surface area contributed by atoms with Crippen LogP contribution in [0.25, 0.3) is 0 Å². The Kier molecular flexibility index (Phi) is 5.03. The van der Waals surface area contributed by atoms with Crippen molar-refractivity contribution in [1.29, 1.82) is 0 Å². The van der Waals surface area contributed by atoms with Gasteiger partial charge >= 0.3 is 0 Å². The fraction of sp³-hybridized carbons (Fsp3) is 1.00. The van der Waals surface area contributed by atoms with Crippen LogP contribution in [0.3, 0.4) is 0 Å². The van der Waals surface area contributed by atoms with Crippen LogP contribution in [0.2, 0.25) is 0 Å². The van der Waals surface area contributed by atoms with Crippen molar-refractivity contribution >= 4 is 0 Å². The molecule has 0 amide bonds. The first-order chi connectivity index (χ1) is 7.00. The largest absolute Gasteiger partial charge is 0.328 e. The Labute approximate surface area is 94.6 Å². The molecule has 3 heteroatoms. The number of likely N-dealkylation sites (tertiary alicyclic amines) is 1. The lowest BCUT2D eigenvalue weighted by molar-refractivity contribution is 0.178. The average Bonchev–Trinajstić information content (AvgIpc) is 2.51. The summed E-state index contributed by atoms with van der Waals surface area (Å²) in [4.78, 5) is 4.91. The zero-order chi connectivity index (χ0) is 11.4. The van der Waals surface area contributed by atoms with Crippen molar-refractivity contribution in [3.63, 3.8) is 0 Å². The number of nitrogens with zero attached hydrogens (tertiary/aromatic N) is 2. The van der Waals surface area contributed by atoms with Crippen molar-refractivity contribution < 1.29 is 0 Å². The van der Waals surface area contributed by atoms with E-state index < -0.39 is 0 Å². The Morgan fingerprint density at radius 3 is 2.60 bits per heavy atom. The molecular formula is C12H27N3. The van der Waals surface area contributed by atoms with E-state index in [9.17, 15) is 0 Å². The molecule has 3 nitrogen and oxygen atoms in total. The van der Waals surface area contributed by atoms with Crippen LogP contribution < -0.4 is 5.73 Å². The minimum Gasteiger partial charge on any atom is -0.328 e. The van der Waals surface area contributed by atoms with Gasteiger partial charge in [0.1, 0.15) is 0 Å². The van der Waals surface area contributed by atoms with Crippen LogP contribution in [0, 0.1) is 5.92 Å². The number of hydrogen-bond acceptors (Lipinski definition) is 3. The monoisotopic (exact) mass is 213 g/mol. The van der Waals surface area contributed by atoms with Gasteiger partial charge in [-0.3, -0.25) is 4.90 Å². The molecule has 1 aliphatic heterocycles. The van der Waals surface area contributed by atoms with Crippen molar-refractivity contribution in [2.75, 3.05) is 33.7 Å². The van der Waals surface area contributed by atoms with Gasteiger partial charge < -0.3 is 10.6 Å². The standard InChI is InChI=1S/C12H27N3/c1-10(11(2)13)8-15-7-5-6-12(15)9-14(3)4/h10-12H,5-9,13H2,1-4H3. The molecule has 3 atom stereocenters. The molecular weight excluding hydrogens is 186 g/mol. The summed E-state index contributed by atoms with van der Waals surface area (Å²) in [5.41, 5.74) is 5.92. The number of rotatable bonds is 5. The van der Waals surface area contributed by atoms with Crippen molar-refractivity contribution in [2.24, 2.45) is 11.7 Å². The summed E-state index contributed by atoms with van der Waals surface area (Å²) in [6.45, 7) is 7.98. The lowest BCUT2D eigenvalue weighted by Gasteiger charge is -2.30. The summed E-state index contributed by atoms with van der Waals surface area (Å²) >= 11 is 0. The average molecular weight is 213 g/mol. The molecule has 1 aliphatic rings. The predicted molar refractivity (Wildman–Crippen MR) is 66.0 cm³/mol. The molecule has 0 aromatic carbocycles. The quantitative estimate of drug-likeness (QED) is 0.739. The lowest BCUT2D eigenvalue weighted by atomic mass is 10.0. The molecule has 90 valence electrons. The molecule has 0 spiro atoms. The molecule has 1 heterocycles. The molecule has 0 bridgehead atoms. The van der Waals surface area contributed by atoms with Gasteiger partial charge in [-0.05, 0) is 46.3 Å². The van der Waals surface area contributed by atoms with E-state index in [-0.39, 0.29) is 0 Å². The minimum atomic E-state index is 0.311. The summed E-state index contributed by atoms with van der Waals surface area (Å²) < 4.78 is 0. The van der Waals surface area contributed by atoms with Gasteiger partial charge in [-0.25, -0.2) is 0 Å². The Balaban J connectivity index is 2.39. The zero-order valence-corrected chi connectivity index (χ0v) is 10.7. The summed E-state index contributed by atoms with van der Waals surface area (Å²) in [7, 11) is 4.32. The first-order valence-electron chi connectivity index (χ1n) is 6.15. The predicted octanol–water partition coefficient (Wildman–Crippen LogP) is 0.996. The second-order valence-electron chi connectivity index (χ2n) is 5.39. The highest BCUT2D eigenvalue weighted by Gasteiger charge is 2.26. The summed E-state index contributed by atoms with van der Waals surface area (Å²) in [6.07, 6.45) is 2.70. The molecule has 1 fully saturated rings. The van der Waals surface area contributed by atoms with Gasteiger partial charge in [0.15, 0.2) is 0 Å². The summed E-state index contributed by atoms with van der Waals surface area (Å²) in [5.74, 6) is 0.604. The van der Waals surface area contributed by atoms with Crippen molar-refractivity contribution in [1.82, 2.24) is 9.80 Å². The number of likely N-dealkylation sites (N-methyl/N-ethyl adjacent to an activating group) is 1. The van der Waals surface area contributed by atoms with Gasteiger partial charge in [0.2, 0.25) is 0 Å². The fourth-order valence-corrected chi connectivity index (χ4v) is 2.30. The Hall–Kier alpha value is -0.120. The third kappa shape index (κ3) is 4.09. The van der Waals surface area contributed by atoms with Crippen LogP contribution in [0.4, 0.5) is 0 Å². The van der Waals surface area contributed by atoms with Gasteiger partial charge in [0.25, 0.3) is 0 Å². The van der Waals surface area contributed by atoms with Gasteiger partial charge in [-0.2, -0.15) is 0 Å². The molecule has 1 saturated heterocycles. The molecule has 15 heavy (non-hydrogen) atoms. The van der Waals surface area contributed by atoms with E-state index in [1.54, 1.807) is 0 Å². The first-order valence-corrected chi connectivity index (χ1v) is 6.15. The molecule has 0 radical (unpaired) electrons. The highest BCUT2D eigenvalue weighted by atomic mass is 15.2. The fourth-order valence-electron chi connectivity index (χ4n) is 2.30. The highest BCUT2D eigenvalue weighted by Crippen LogP contribution is 2.19. The maximum atomic E-state index is 5.92. The van der Waals surface area contributed by atoms with E-state index in [2.05, 4.69) is 37.7 Å². The Bertz CT molecular complexity index is 180. The third-order valence-electron chi connectivity index (χ3n) is 3.50. The highest BCUT2D eigenvalue weighted by molar-refractivity contribution is 4.83. The van der Waals surface area contributed by atoms with E-state index >= 15 is 0 Å². The van der Waals surface area contributed by atoms with Crippen LogP contribution in [0.5, 0.6) is 0 Å². The van der Waals surface area contributed by atoms with Gasteiger partial charge in [-0.1, -0.05) is 6.92 Å². The molecule has 0 saturated carbocycles. The van der Waals surface area contributed by atoms with E-state index in [4.69, 9.17) is 5.73 Å². The maximum absolute atomic E-state index is 5.92. The summed E-state index contributed by atoms with van der Waals surface area (Å²) in [5, 5.41) is 0. The van der Waals surface area contributed by atoms with Gasteiger partial charge in [0, 0.05) is 25.2 Å². The number of hydrogen-bond donors (Lipinski definition) is 1. The van der Waals surface area contributed by atoms with Crippen molar-refractivity contribution in [3.05, 3.63) is 0 Å². The van der Waals surface area contributed by atoms with Crippen LogP contribution in [0.1, 0.15) is 26.7 Å². The zero-order valence-electron chi connectivity index (χ0n) is 10.7. The van der Waals surface area contributed by atoms with E-state index in [0.29, 0.717) is 12.0 Å². The van der Waals surface area contributed by atoms with Crippen LogP contribution in [0.15, 0.2) is 0 Å². The van der Waals surface area contributed by atoms with Gasteiger partial charge in [0.05, 0.1) is 0 Å². The normalized spacial score (nSPS) is 27.2. The van der Waals surface area contributed by atoms with Crippen LogP contribution in [-0.2, 0) is 0 Å². The molecule has 2 N–H and O–H groups in total. The van der Waals surface area contributed by atoms with Crippen LogP contribution in [-0.4, -0.2) is 55.6 Å². The smallest absolute Gasteiger partial charge is 0.0223 e. The second-order valence-corrected chi connectivity index (χ2v) is 5.39. The number of nitrogens with two attached hydrogens (primary N) is 1. The Morgan fingerprint density at radius 1 is 1.40 bits per heavy atom. The molecule has 0 aliphatic carbocycles. The van der Waals surface area contributed by atoms with E-state index in [1.807, 2.05) is 0 Å². The van der Waals surface area contributed by atoms with Crippen molar-refractivity contribution in [3.8, 4) is 0 Å². The molecule has 3 unspecified atom stereocenters. The van der Waals surface area contributed by atoms with Gasteiger partial charge in [-0.15, -0.1) is 0 Å². The minimum absolute atomic E-state index is 0.311. The second kappa shape index (κ2) is 5.83. The molecule has 0 aromatic heterocycles. The Morgan fingerprint density at radius 2 is 2.07 bits per heavy atom. The third-order valence-corrected chi connectivity index (χ3v) is 3.50. The topological polar surface area (TPSA) is 32.5 Å². The maximum Gasteiger partial charge on any atom is 0.0223 e. The van der Waals surface area contributed by atoms with E-state index in [0.717, 1.165) is 12.6 Å².